The summed E-state index contributed by atoms with van der Waals surface area (Å²) < 4.78 is 34.5. The molecule has 0 radical (unpaired) electrons. The Morgan fingerprint density at radius 1 is 0.875 bits per heavy atom. The smallest absolute Gasteiger partial charge is 0.404 e. The van der Waals surface area contributed by atoms with Gasteiger partial charge in [0, 0.05) is 45.3 Å². The lowest BCUT2D eigenvalue weighted by molar-refractivity contribution is -0.0197. The highest BCUT2D eigenvalue weighted by Crippen LogP contribution is 2.45. The molecule has 0 aliphatic carbocycles. The lowest BCUT2D eigenvalue weighted by Crippen LogP contribution is -2.24. The Morgan fingerprint density at radius 3 is 2.05 bits per heavy atom. The predicted octanol–water partition coefficient (Wildman–Crippen LogP) is 7.87. The average molecular weight is 583 g/mol. The maximum atomic E-state index is 12.6. The van der Waals surface area contributed by atoms with Crippen LogP contribution >= 0.6 is 7.82 Å². The number of rotatable bonds is 25. The third kappa shape index (κ3) is 16.0. The summed E-state index contributed by atoms with van der Waals surface area (Å²) >= 11 is 0. The first-order chi connectivity index (χ1) is 19.4. The second-order valence-corrected chi connectivity index (χ2v) is 12.3. The minimum Gasteiger partial charge on any atom is -0.404 e. The number of methoxy groups -OCH3 is 1. The van der Waals surface area contributed by atoms with Gasteiger partial charge in [-0.1, -0.05) is 109 Å². The van der Waals surface area contributed by atoms with Gasteiger partial charge in [-0.3, -0.25) is 9.42 Å². The van der Waals surface area contributed by atoms with Gasteiger partial charge in [-0.05, 0) is 12.5 Å². The number of phosphoric acid groups is 1. The van der Waals surface area contributed by atoms with E-state index < -0.39 is 13.9 Å². The number of hydrogen-bond donors (Lipinski definition) is 1. The number of phosphoric ester groups is 1. The molecule has 0 aromatic heterocycles. The molecule has 1 aromatic rings. The van der Waals surface area contributed by atoms with Gasteiger partial charge in [-0.2, -0.15) is 0 Å². The normalized spacial score (nSPS) is 15.5. The fraction of sp³-hybridized carbons (Fsp3) is 0.742. The number of ether oxygens (including phenoxy) is 2. The van der Waals surface area contributed by atoms with Crippen molar-refractivity contribution < 1.29 is 28.0 Å². The summed E-state index contributed by atoms with van der Waals surface area (Å²) in [5.41, 5.74) is 0.806. The van der Waals surface area contributed by atoms with Crippen LogP contribution in [0.15, 0.2) is 36.7 Å². The largest absolute Gasteiger partial charge is 0.527 e. The quantitative estimate of drug-likeness (QED) is 0.0921. The van der Waals surface area contributed by atoms with Crippen molar-refractivity contribution in [3.8, 4) is 5.75 Å². The van der Waals surface area contributed by atoms with Gasteiger partial charge in [0.1, 0.15) is 11.9 Å². The molecule has 2 atom stereocenters. The molecule has 1 aliphatic heterocycles. The molecule has 2 unspecified atom stereocenters. The second kappa shape index (κ2) is 21.2. The minimum absolute atomic E-state index is 0.0924. The van der Waals surface area contributed by atoms with E-state index in [2.05, 4.69) is 16.7 Å². The van der Waals surface area contributed by atoms with Crippen LogP contribution in [0.1, 0.15) is 102 Å². The fourth-order valence-electron chi connectivity index (χ4n) is 4.76. The second-order valence-electron chi connectivity index (χ2n) is 10.9. The average Bonchev–Trinajstić information content (AvgIpc) is 3.35. The molecule has 40 heavy (non-hydrogen) atoms. The summed E-state index contributed by atoms with van der Waals surface area (Å²) in [4.78, 5) is 14.5. The standard InChI is InChI=1S/C31H55N2O6P/c1-4-5-6-7-8-9-10-11-12-13-14-15-16-19-24-37-26-30(36-3)27-38-40(34,35)39-31-21-18-17-20-29(31)25-33-23-22-32(2)28-33/h17-18,20-23,30H,4-16,19,24-28H2,1-3H3,(H,34,35). The zero-order valence-corrected chi connectivity index (χ0v) is 26.2. The van der Waals surface area contributed by atoms with Crippen LogP contribution in [-0.2, 0) is 25.1 Å². The predicted molar refractivity (Wildman–Crippen MR) is 162 cm³/mol. The van der Waals surface area contributed by atoms with Crippen molar-refractivity contribution in [1.29, 1.82) is 0 Å². The van der Waals surface area contributed by atoms with Crippen LogP contribution in [0, 0.1) is 0 Å². The van der Waals surface area contributed by atoms with E-state index in [1.54, 1.807) is 19.2 Å². The molecule has 1 aliphatic rings. The summed E-state index contributed by atoms with van der Waals surface area (Å²) in [5.74, 6) is 0.333. The number of nitrogens with zero attached hydrogens (tertiary/aromatic N) is 2. The number of para-hydroxylation sites is 1. The summed E-state index contributed by atoms with van der Waals surface area (Å²) in [6.07, 6.45) is 22.0. The van der Waals surface area contributed by atoms with Crippen LogP contribution in [0.3, 0.4) is 0 Å². The van der Waals surface area contributed by atoms with Gasteiger partial charge in [0.25, 0.3) is 0 Å². The van der Waals surface area contributed by atoms with Crippen LogP contribution in [0.5, 0.6) is 5.75 Å². The van der Waals surface area contributed by atoms with Gasteiger partial charge in [0.2, 0.25) is 0 Å². The van der Waals surface area contributed by atoms with Crippen LogP contribution in [-0.4, -0.2) is 61.4 Å². The Bertz CT molecular complexity index is 855. The van der Waals surface area contributed by atoms with E-state index in [0.717, 1.165) is 25.1 Å². The topological polar surface area (TPSA) is 80.7 Å². The van der Waals surface area contributed by atoms with E-state index in [-0.39, 0.29) is 6.61 Å². The monoisotopic (exact) mass is 582 g/mol. The van der Waals surface area contributed by atoms with Crippen LogP contribution in [0.4, 0.5) is 0 Å². The molecule has 0 spiro atoms. The molecule has 0 saturated heterocycles. The van der Waals surface area contributed by atoms with Gasteiger partial charge >= 0.3 is 7.82 Å². The zero-order valence-electron chi connectivity index (χ0n) is 25.3. The maximum Gasteiger partial charge on any atom is 0.527 e. The molecule has 0 saturated carbocycles. The molecule has 0 fully saturated rings. The van der Waals surface area contributed by atoms with Crippen molar-refractivity contribution in [2.24, 2.45) is 0 Å². The molecule has 1 N–H and O–H groups in total. The summed E-state index contributed by atoms with van der Waals surface area (Å²) in [7, 11) is -0.789. The van der Waals surface area contributed by atoms with E-state index in [9.17, 15) is 9.46 Å². The Balaban J connectivity index is 1.51. The minimum atomic E-state index is -4.32. The van der Waals surface area contributed by atoms with E-state index in [0.29, 0.717) is 25.5 Å². The zero-order chi connectivity index (χ0) is 28.9. The van der Waals surface area contributed by atoms with Gasteiger partial charge < -0.3 is 23.8 Å². The summed E-state index contributed by atoms with van der Waals surface area (Å²) in [5, 5.41) is 0. The number of hydrogen-bond acceptors (Lipinski definition) is 7. The van der Waals surface area contributed by atoms with Crippen LogP contribution in [0.25, 0.3) is 0 Å². The lowest BCUT2D eigenvalue weighted by Gasteiger charge is -2.22. The van der Waals surface area contributed by atoms with Crippen molar-refractivity contribution in [3.63, 3.8) is 0 Å². The summed E-state index contributed by atoms with van der Waals surface area (Å²) in [6, 6.07) is 7.21. The first-order valence-electron chi connectivity index (χ1n) is 15.4. The molecular formula is C31H55N2O6P. The highest BCUT2D eigenvalue weighted by Gasteiger charge is 2.27. The SMILES string of the molecule is CCCCCCCCCCCCCCCCOCC(COP(=O)(O)Oc1ccccc1CN1C=CN(C)C1)OC. The Morgan fingerprint density at radius 2 is 1.48 bits per heavy atom. The molecule has 1 heterocycles. The third-order valence-corrected chi connectivity index (χ3v) is 8.10. The van der Waals surface area contributed by atoms with Crippen LogP contribution < -0.4 is 4.52 Å². The first kappa shape index (κ1) is 34.6. The molecule has 2 rings (SSSR count). The third-order valence-electron chi connectivity index (χ3n) is 7.20. The molecule has 230 valence electrons. The van der Waals surface area contributed by atoms with Crippen molar-refractivity contribution in [2.75, 3.05) is 40.6 Å². The number of benzene rings is 1. The van der Waals surface area contributed by atoms with Crippen molar-refractivity contribution in [3.05, 3.63) is 42.2 Å². The van der Waals surface area contributed by atoms with E-state index >= 15 is 0 Å². The molecule has 0 amide bonds. The Kier molecular flexibility index (Phi) is 18.3. The van der Waals surface area contributed by atoms with E-state index in [1.165, 1.54) is 77.0 Å². The van der Waals surface area contributed by atoms with Gasteiger partial charge in [0.05, 0.1) is 19.9 Å². The lowest BCUT2D eigenvalue weighted by atomic mass is 10.0. The highest BCUT2D eigenvalue weighted by molar-refractivity contribution is 7.47. The van der Waals surface area contributed by atoms with E-state index in [4.69, 9.17) is 18.5 Å². The van der Waals surface area contributed by atoms with Crippen LogP contribution in [0.2, 0.25) is 0 Å². The van der Waals surface area contributed by atoms with Crippen molar-refractivity contribution in [1.82, 2.24) is 9.80 Å². The maximum absolute atomic E-state index is 12.6. The first-order valence-corrected chi connectivity index (χ1v) is 16.9. The molecule has 8 nitrogen and oxygen atoms in total. The Hall–Kier alpha value is -1.57. The summed E-state index contributed by atoms with van der Waals surface area (Å²) in [6.45, 7) is 4.44. The molecular weight excluding hydrogens is 527 g/mol. The fourth-order valence-corrected chi connectivity index (χ4v) is 5.59. The molecule has 1 aromatic carbocycles. The molecule has 0 bridgehead atoms. The highest BCUT2D eigenvalue weighted by atomic mass is 31.2. The van der Waals surface area contributed by atoms with Gasteiger partial charge in [-0.15, -0.1) is 0 Å². The van der Waals surface area contributed by atoms with Gasteiger partial charge in [0.15, 0.2) is 0 Å². The number of unbranched alkanes of at least 4 members (excludes halogenated alkanes) is 13. The Labute approximate surface area is 243 Å². The van der Waals surface area contributed by atoms with Crippen molar-refractivity contribution in [2.45, 2.75) is 109 Å². The van der Waals surface area contributed by atoms with Crippen molar-refractivity contribution >= 4 is 7.82 Å². The van der Waals surface area contributed by atoms with E-state index in [1.807, 2.05) is 31.6 Å². The van der Waals surface area contributed by atoms with Gasteiger partial charge in [-0.25, -0.2) is 4.57 Å². The molecule has 9 heteroatoms.